The Morgan fingerprint density at radius 3 is 2.34 bits per heavy atom. The molecule has 0 bridgehead atoms. The second-order valence-corrected chi connectivity index (χ2v) is 8.10. The fraction of sp³-hybridized carbons (Fsp3) is 0.346. The zero-order valence-corrected chi connectivity index (χ0v) is 19.7. The van der Waals surface area contributed by atoms with Crippen LogP contribution >= 0.6 is 0 Å². The van der Waals surface area contributed by atoms with E-state index >= 15 is 0 Å². The summed E-state index contributed by atoms with van der Waals surface area (Å²) in [6.45, 7) is 2.66. The maximum absolute atomic E-state index is 11.6. The summed E-state index contributed by atoms with van der Waals surface area (Å²) in [6.07, 6.45) is -0.853. The zero-order valence-electron chi connectivity index (χ0n) is 19.7. The first-order valence-corrected chi connectivity index (χ1v) is 11.3. The molecule has 2 atom stereocenters. The number of hydrogen-bond acceptors (Lipinski definition) is 9. The molecule has 0 saturated heterocycles. The standard InChI is InChI=1S/C26H29N3O6/c1-17(30)35-14-4-3-13-28-21-11-9-19(10-12-21)23-22(15-27)24(31)29(25(23)32)16-18-5-7-20(8-6-18)26(33)34-2/h5-12,24-25,28,31-32H,3-4,13-14,16H2,1-2H3. The van der Waals surface area contributed by atoms with Crippen LogP contribution in [0.2, 0.25) is 0 Å². The first-order valence-electron chi connectivity index (χ1n) is 11.3. The number of carbonyl (C=O) groups excluding carboxylic acids is 2. The van der Waals surface area contributed by atoms with E-state index in [1.807, 2.05) is 18.2 Å². The maximum atomic E-state index is 11.6. The lowest BCUT2D eigenvalue weighted by atomic mass is 10.0. The molecule has 1 aliphatic rings. The van der Waals surface area contributed by atoms with Gasteiger partial charge in [-0.15, -0.1) is 0 Å². The molecule has 2 aromatic rings. The van der Waals surface area contributed by atoms with E-state index in [9.17, 15) is 25.1 Å². The van der Waals surface area contributed by atoms with Gasteiger partial charge >= 0.3 is 11.9 Å². The first-order chi connectivity index (χ1) is 16.8. The molecule has 9 heteroatoms. The molecule has 0 radical (unpaired) electrons. The van der Waals surface area contributed by atoms with Gasteiger partial charge in [-0.05, 0) is 48.2 Å². The highest BCUT2D eigenvalue weighted by molar-refractivity contribution is 5.89. The first kappa shape index (κ1) is 25.9. The molecule has 184 valence electrons. The van der Waals surface area contributed by atoms with Crippen molar-refractivity contribution in [2.45, 2.75) is 38.8 Å². The Morgan fingerprint density at radius 2 is 1.74 bits per heavy atom. The largest absolute Gasteiger partial charge is 0.466 e. The lowest BCUT2D eigenvalue weighted by Crippen LogP contribution is -2.37. The van der Waals surface area contributed by atoms with Gasteiger partial charge in [0.25, 0.3) is 0 Å². The van der Waals surface area contributed by atoms with E-state index in [0.29, 0.717) is 29.9 Å². The van der Waals surface area contributed by atoms with Crippen LogP contribution in [0.25, 0.3) is 5.57 Å². The van der Waals surface area contributed by atoms with Crippen LogP contribution in [0.1, 0.15) is 41.3 Å². The van der Waals surface area contributed by atoms with Gasteiger partial charge in [0.1, 0.15) is 12.5 Å². The van der Waals surface area contributed by atoms with E-state index in [2.05, 4.69) is 5.32 Å². The molecule has 0 aromatic heterocycles. The topological polar surface area (TPSA) is 132 Å². The Bertz CT molecular complexity index is 1110. The monoisotopic (exact) mass is 479 g/mol. The van der Waals surface area contributed by atoms with Gasteiger partial charge < -0.3 is 25.0 Å². The quantitative estimate of drug-likeness (QED) is 0.347. The zero-order chi connectivity index (χ0) is 25.4. The summed E-state index contributed by atoms with van der Waals surface area (Å²) in [4.78, 5) is 23.8. The molecule has 0 aliphatic carbocycles. The molecule has 1 aliphatic heterocycles. The molecule has 0 amide bonds. The van der Waals surface area contributed by atoms with Crippen LogP contribution in [0, 0.1) is 11.3 Å². The number of benzene rings is 2. The highest BCUT2D eigenvalue weighted by atomic mass is 16.5. The van der Waals surface area contributed by atoms with Crippen molar-refractivity contribution in [3.05, 3.63) is 70.8 Å². The van der Waals surface area contributed by atoms with Gasteiger partial charge in [-0.1, -0.05) is 24.3 Å². The second kappa shape index (κ2) is 12.1. The van der Waals surface area contributed by atoms with E-state index in [0.717, 1.165) is 24.1 Å². The third-order valence-corrected chi connectivity index (χ3v) is 5.70. The van der Waals surface area contributed by atoms with Crippen molar-refractivity contribution in [1.29, 1.82) is 5.26 Å². The predicted molar refractivity (Wildman–Crippen MR) is 129 cm³/mol. The molecule has 2 unspecified atom stereocenters. The summed E-state index contributed by atoms with van der Waals surface area (Å²) in [7, 11) is 1.31. The Labute approximate surface area is 204 Å². The molecule has 0 saturated carbocycles. The van der Waals surface area contributed by atoms with E-state index < -0.39 is 18.4 Å². The molecular formula is C26H29N3O6. The second-order valence-electron chi connectivity index (χ2n) is 8.10. The van der Waals surface area contributed by atoms with Gasteiger partial charge in [0.05, 0.1) is 30.9 Å². The number of unbranched alkanes of at least 4 members (excludes halogenated alkanes) is 1. The Hall–Kier alpha value is -3.71. The van der Waals surface area contributed by atoms with E-state index in [4.69, 9.17) is 9.47 Å². The number of ether oxygens (including phenoxy) is 2. The van der Waals surface area contributed by atoms with Gasteiger partial charge in [0.2, 0.25) is 0 Å². The fourth-order valence-corrected chi connectivity index (χ4v) is 3.86. The minimum atomic E-state index is -1.26. The Balaban J connectivity index is 1.64. The molecule has 3 N–H and O–H groups in total. The number of nitrogens with zero attached hydrogens (tertiary/aromatic N) is 2. The summed E-state index contributed by atoms with van der Waals surface area (Å²) in [5, 5.41) is 34.7. The van der Waals surface area contributed by atoms with Crippen LogP contribution in [-0.2, 0) is 20.8 Å². The average molecular weight is 480 g/mol. The van der Waals surface area contributed by atoms with Crippen molar-refractivity contribution < 1.29 is 29.3 Å². The van der Waals surface area contributed by atoms with Crippen LogP contribution in [0.5, 0.6) is 0 Å². The molecule has 0 fully saturated rings. The average Bonchev–Trinajstić information content (AvgIpc) is 3.10. The number of aliphatic hydroxyl groups is 2. The molecule has 0 spiro atoms. The smallest absolute Gasteiger partial charge is 0.337 e. The van der Waals surface area contributed by atoms with Crippen LogP contribution in [-0.4, -0.2) is 59.8 Å². The molecule has 9 nitrogen and oxygen atoms in total. The Morgan fingerprint density at radius 1 is 1.06 bits per heavy atom. The van der Waals surface area contributed by atoms with Gasteiger partial charge in [0, 0.05) is 31.3 Å². The van der Waals surface area contributed by atoms with Crippen molar-refractivity contribution in [3.8, 4) is 6.07 Å². The molecular weight excluding hydrogens is 450 g/mol. The molecule has 1 heterocycles. The Kier molecular flexibility index (Phi) is 8.98. The summed E-state index contributed by atoms with van der Waals surface area (Å²) in [6, 6.07) is 15.9. The fourth-order valence-electron chi connectivity index (χ4n) is 3.86. The van der Waals surface area contributed by atoms with Crippen LogP contribution in [0.3, 0.4) is 0 Å². The highest BCUT2D eigenvalue weighted by Crippen LogP contribution is 2.36. The molecule has 35 heavy (non-hydrogen) atoms. The van der Waals surface area contributed by atoms with Crippen LogP contribution in [0.15, 0.2) is 54.1 Å². The third-order valence-electron chi connectivity index (χ3n) is 5.70. The number of anilines is 1. The summed E-state index contributed by atoms with van der Waals surface area (Å²) >= 11 is 0. The van der Waals surface area contributed by atoms with Crippen LogP contribution < -0.4 is 5.32 Å². The predicted octanol–water partition coefficient (Wildman–Crippen LogP) is 2.66. The van der Waals surface area contributed by atoms with Gasteiger partial charge in [-0.2, -0.15) is 5.26 Å². The number of esters is 2. The normalized spacial score (nSPS) is 17.7. The van der Waals surface area contributed by atoms with Crippen molar-refractivity contribution in [2.75, 3.05) is 25.6 Å². The van der Waals surface area contributed by atoms with E-state index in [-0.39, 0.29) is 18.1 Å². The lowest BCUT2D eigenvalue weighted by Gasteiger charge is -2.25. The van der Waals surface area contributed by atoms with Crippen molar-refractivity contribution in [3.63, 3.8) is 0 Å². The number of aliphatic hydroxyl groups excluding tert-OH is 2. The van der Waals surface area contributed by atoms with Crippen molar-refractivity contribution >= 4 is 23.2 Å². The van der Waals surface area contributed by atoms with Gasteiger partial charge in [-0.25, -0.2) is 9.69 Å². The van der Waals surface area contributed by atoms with Gasteiger partial charge in [-0.3, -0.25) is 4.79 Å². The number of hydrogen-bond donors (Lipinski definition) is 3. The number of nitrogens with one attached hydrogen (secondary N) is 1. The molecule has 3 rings (SSSR count). The molecule has 2 aromatic carbocycles. The minimum absolute atomic E-state index is 0.0925. The minimum Gasteiger partial charge on any atom is -0.466 e. The number of carbonyl (C=O) groups is 2. The van der Waals surface area contributed by atoms with E-state index in [1.54, 1.807) is 36.4 Å². The lowest BCUT2D eigenvalue weighted by molar-refractivity contribution is -0.141. The van der Waals surface area contributed by atoms with Crippen LogP contribution in [0.4, 0.5) is 5.69 Å². The third kappa shape index (κ3) is 6.45. The number of methoxy groups -OCH3 is 1. The van der Waals surface area contributed by atoms with E-state index in [1.165, 1.54) is 18.9 Å². The summed E-state index contributed by atoms with van der Waals surface area (Å²) < 4.78 is 9.60. The number of nitriles is 1. The number of rotatable bonds is 10. The van der Waals surface area contributed by atoms with Crippen molar-refractivity contribution in [2.24, 2.45) is 0 Å². The highest BCUT2D eigenvalue weighted by Gasteiger charge is 2.39. The van der Waals surface area contributed by atoms with Gasteiger partial charge in [0.15, 0.2) is 0 Å². The summed E-state index contributed by atoms with van der Waals surface area (Å²) in [5.41, 5.74) is 3.11. The summed E-state index contributed by atoms with van der Waals surface area (Å²) in [5.74, 6) is -0.734. The van der Waals surface area contributed by atoms with Crippen molar-refractivity contribution in [1.82, 2.24) is 4.90 Å². The maximum Gasteiger partial charge on any atom is 0.337 e. The SMILES string of the molecule is COC(=O)c1ccc(CN2C(O)C(C#N)=C(c3ccc(NCCCCOC(C)=O)cc3)C2O)cc1.